The van der Waals surface area contributed by atoms with E-state index in [1.54, 1.807) is 0 Å². The third-order valence-electron chi connectivity index (χ3n) is 2.76. The van der Waals surface area contributed by atoms with E-state index in [2.05, 4.69) is 25.7 Å². The van der Waals surface area contributed by atoms with E-state index < -0.39 is 0 Å². The van der Waals surface area contributed by atoms with Gasteiger partial charge in [0.2, 0.25) is 0 Å². The first kappa shape index (κ1) is 12.9. The van der Waals surface area contributed by atoms with Gasteiger partial charge in [-0.1, -0.05) is 25.1 Å². The summed E-state index contributed by atoms with van der Waals surface area (Å²) in [6, 6.07) is 0.327. The number of nitrogens with one attached hydrogen (secondary N) is 1. The molecule has 0 aromatic rings. The van der Waals surface area contributed by atoms with Crippen molar-refractivity contribution in [1.29, 1.82) is 0 Å². The summed E-state index contributed by atoms with van der Waals surface area (Å²) in [6.45, 7) is 8.86. The van der Waals surface area contributed by atoms with E-state index in [1.165, 1.54) is 5.54 Å². The van der Waals surface area contributed by atoms with Crippen LogP contribution in [0.15, 0.2) is 23.6 Å². The molecule has 0 aromatic heterocycles. The third kappa shape index (κ3) is 3.40. The number of alkyl halides is 1. The van der Waals surface area contributed by atoms with E-state index in [9.17, 15) is 0 Å². The quantitative estimate of drug-likeness (QED) is 0.666. The zero-order chi connectivity index (χ0) is 11.4. The van der Waals surface area contributed by atoms with Crippen molar-refractivity contribution in [3.8, 4) is 0 Å². The predicted molar refractivity (Wildman–Crippen MR) is 65.0 cm³/mol. The molecule has 0 aliphatic carbocycles. The zero-order valence-corrected chi connectivity index (χ0v) is 10.6. The first-order valence-corrected chi connectivity index (χ1v) is 5.97. The van der Waals surface area contributed by atoms with Crippen LogP contribution >= 0.6 is 23.2 Å². The van der Waals surface area contributed by atoms with Crippen molar-refractivity contribution in [2.45, 2.75) is 31.7 Å². The minimum atomic E-state index is -0.222. The average Bonchev–Trinajstić information content (AvgIpc) is 2.26. The number of ether oxygens (including phenoxy) is 1. The van der Waals surface area contributed by atoms with Crippen molar-refractivity contribution in [2.24, 2.45) is 5.92 Å². The van der Waals surface area contributed by atoms with Crippen LogP contribution < -0.4 is 5.32 Å². The Morgan fingerprint density at radius 1 is 1.53 bits per heavy atom. The van der Waals surface area contributed by atoms with Crippen molar-refractivity contribution in [2.75, 3.05) is 6.54 Å². The van der Waals surface area contributed by atoms with Crippen LogP contribution in [0.2, 0.25) is 0 Å². The molecule has 3 atom stereocenters. The fraction of sp³-hybridized carbons (Fsp3) is 0.636. The maximum absolute atomic E-state index is 6.28. The number of allylic oxidation sites excluding steroid dienone is 1. The lowest BCUT2D eigenvalue weighted by molar-refractivity contribution is 0.272. The van der Waals surface area contributed by atoms with Gasteiger partial charge in [-0.05, 0) is 12.8 Å². The molecule has 2 nitrogen and oxygen atoms in total. The van der Waals surface area contributed by atoms with E-state index in [0.717, 1.165) is 13.0 Å². The molecular weight excluding hydrogens is 233 g/mol. The van der Waals surface area contributed by atoms with E-state index in [0.29, 0.717) is 17.6 Å². The van der Waals surface area contributed by atoms with Crippen LogP contribution in [0.5, 0.6) is 0 Å². The highest BCUT2D eigenvalue weighted by Crippen LogP contribution is 2.27. The standard InChI is InChI=1S/C11H17Cl2NO/c1-7-4-5-14-9(3)8(2)11(13)10(6-12)15-7/h6,8-9,11,14H,1,4-5H2,2-3H3/b10-6-/t8-,9-,11?/m1/s1. The Morgan fingerprint density at radius 2 is 2.20 bits per heavy atom. The molecule has 4 heteroatoms. The van der Waals surface area contributed by atoms with Crippen molar-refractivity contribution < 1.29 is 4.74 Å². The molecule has 0 bridgehead atoms. The van der Waals surface area contributed by atoms with Crippen LogP contribution in [-0.2, 0) is 4.74 Å². The van der Waals surface area contributed by atoms with Gasteiger partial charge in [0.1, 0.15) is 5.76 Å². The molecule has 1 aliphatic heterocycles. The molecule has 0 aromatic carbocycles. The third-order valence-corrected chi connectivity index (χ3v) is 3.59. The first-order chi connectivity index (χ1) is 7.06. The molecule has 0 spiro atoms. The van der Waals surface area contributed by atoms with Crippen molar-refractivity contribution >= 4 is 23.2 Å². The predicted octanol–water partition coefficient (Wildman–Crippen LogP) is 3.22. The van der Waals surface area contributed by atoms with Gasteiger partial charge in [-0.25, -0.2) is 0 Å². The molecule has 0 radical (unpaired) electrons. The Labute approximate surface area is 101 Å². The number of rotatable bonds is 0. The van der Waals surface area contributed by atoms with Crippen molar-refractivity contribution in [3.63, 3.8) is 0 Å². The number of hydrogen-bond donors (Lipinski definition) is 1. The van der Waals surface area contributed by atoms with Gasteiger partial charge in [0.05, 0.1) is 11.1 Å². The smallest absolute Gasteiger partial charge is 0.133 e. The highest BCUT2D eigenvalue weighted by molar-refractivity contribution is 6.27. The minimum absolute atomic E-state index is 0.222. The topological polar surface area (TPSA) is 21.3 Å². The molecule has 1 saturated heterocycles. The highest BCUT2D eigenvalue weighted by atomic mass is 35.5. The van der Waals surface area contributed by atoms with E-state index in [-0.39, 0.29) is 11.3 Å². The molecule has 86 valence electrons. The van der Waals surface area contributed by atoms with Gasteiger partial charge in [0, 0.05) is 24.5 Å². The lowest BCUT2D eigenvalue weighted by atomic mass is 9.98. The van der Waals surface area contributed by atoms with Gasteiger partial charge >= 0.3 is 0 Å². The Balaban J connectivity index is 2.84. The van der Waals surface area contributed by atoms with Crippen LogP contribution in [0.25, 0.3) is 0 Å². The number of halogens is 2. The van der Waals surface area contributed by atoms with Gasteiger partial charge in [0.15, 0.2) is 0 Å². The van der Waals surface area contributed by atoms with Crippen molar-refractivity contribution in [3.05, 3.63) is 23.6 Å². The van der Waals surface area contributed by atoms with Crippen LogP contribution in [0.4, 0.5) is 0 Å². The van der Waals surface area contributed by atoms with Crippen LogP contribution in [-0.4, -0.2) is 18.0 Å². The second-order valence-electron chi connectivity index (χ2n) is 3.91. The fourth-order valence-corrected chi connectivity index (χ4v) is 2.06. The molecule has 1 N–H and O–H groups in total. The van der Waals surface area contributed by atoms with Gasteiger partial charge in [-0.2, -0.15) is 0 Å². The summed E-state index contributed by atoms with van der Waals surface area (Å²) in [6.07, 6.45) is 0.773. The normalized spacial score (nSPS) is 36.7. The molecule has 1 aliphatic rings. The summed E-state index contributed by atoms with van der Waals surface area (Å²) in [4.78, 5) is 0. The van der Waals surface area contributed by atoms with Crippen LogP contribution in [0.1, 0.15) is 20.3 Å². The van der Waals surface area contributed by atoms with Gasteiger partial charge in [-0.15, -0.1) is 11.6 Å². The monoisotopic (exact) mass is 249 g/mol. The van der Waals surface area contributed by atoms with Crippen LogP contribution in [0, 0.1) is 5.92 Å². The molecule has 1 heterocycles. The van der Waals surface area contributed by atoms with E-state index in [1.807, 2.05) is 0 Å². The molecule has 15 heavy (non-hydrogen) atoms. The van der Waals surface area contributed by atoms with Gasteiger partial charge < -0.3 is 10.1 Å². The summed E-state index contributed by atoms with van der Waals surface area (Å²) in [5, 5.41) is 3.16. The van der Waals surface area contributed by atoms with E-state index in [4.69, 9.17) is 27.9 Å². The minimum Gasteiger partial charge on any atom is -0.464 e. The summed E-state index contributed by atoms with van der Waals surface area (Å²) in [7, 11) is 0. The number of hydrogen-bond acceptors (Lipinski definition) is 2. The molecule has 1 unspecified atom stereocenters. The van der Waals surface area contributed by atoms with Crippen LogP contribution in [0.3, 0.4) is 0 Å². The summed E-state index contributed by atoms with van der Waals surface area (Å²) in [5.41, 5.74) is 1.40. The average molecular weight is 250 g/mol. The summed E-state index contributed by atoms with van der Waals surface area (Å²) < 4.78 is 5.51. The fourth-order valence-electron chi connectivity index (χ4n) is 1.49. The lowest BCUT2D eigenvalue weighted by Gasteiger charge is -2.24. The molecule has 1 fully saturated rings. The van der Waals surface area contributed by atoms with Crippen molar-refractivity contribution in [1.82, 2.24) is 5.32 Å². The maximum Gasteiger partial charge on any atom is 0.133 e. The van der Waals surface area contributed by atoms with Gasteiger partial charge in [-0.3, -0.25) is 0 Å². The highest BCUT2D eigenvalue weighted by Gasteiger charge is 2.26. The summed E-state index contributed by atoms with van der Waals surface area (Å²) in [5.74, 6) is 1.54. The Bertz CT molecular complexity index is 265. The molecule has 1 rings (SSSR count). The molecule has 0 amide bonds. The lowest BCUT2D eigenvalue weighted by Crippen LogP contribution is -2.36. The Morgan fingerprint density at radius 3 is 2.80 bits per heavy atom. The second kappa shape index (κ2) is 5.78. The van der Waals surface area contributed by atoms with E-state index >= 15 is 0 Å². The largest absolute Gasteiger partial charge is 0.464 e. The second-order valence-corrected chi connectivity index (χ2v) is 4.59. The molecule has 0 saturated carbocycles. The SMILES string of the molecule is C=C1CCN[C@H](C)[C@@H](C)C(Cl)/C(=C/Cl)O1. The Hall–Kier alpha value is -0.180. The Kier molecular flexibility index (Phi) is 4.97. The zero-order valence-electron chi connectivity index (χ0n) is 9.09. The first-order valence-electron chi connectivity index (χ1n) is 5.09. The maximum atomic E-state index is 6.28. The van der Waals surface area contributed by atoms with Gasteiger partial charge in [0.25, 0.3) is 0 Å². The molecular formula is C11H17Cl2NO. The summed E-state index contributed by atoms with van der Waals surface area (Å²) >= 11 is 12.0.